The van der Waals surface area contributed by atoms with Crippen molar-refractivity contribution in [1.29, 1.82) is 0 Å². The first-order valence-corrected chi connectivity index (χ1v) is 23.6. The highest BCUT2D eigenvalue weighted by atomic mass is 19.3. The van der Waals surface area contributed by atoms with Crippen LogP contribution in [0.2, 0.25) is 0 Å². The van der Waals surface area contributed by atoms with Crippen LogP contribution in [0.5, 0.6) is 0 Å². The summed E-state index contributed by atoms with van der Waals surface area (Å²) in [7, 11) is 3.53. The summed E-state index contributed by atoms with van der Waals surface area (Å²) >= 11 is 0. The Labute approximate surface area is 380 Å². The molecule has 2 aromatic carbocycles. The van der Waals surface area contributed by atoms with Gasteiger partial charge in [-0.3, -0.25) is 38.6 Å². The maximum absolute atomic E-state index is 16.1. The predicted octanol–water partition coefficient (Wildman–Crippen LogP) is 3.74. The summed E-state index contributed by atoms with van der Waals surface area (Å²) in [6, 6.07) is 13.7. The number of likely N-dealkylation sites (tertiary alicyclic amines) is 1. The third-order valence-electron chi connectivity index (χ3n) is 15.1. The number of imidazole rings is 2. The number of carbonyl (C=O) groups is 3. The van der Waals surface area contributed by atoms with Gasteiger partial charge < -0.3 is 25.3 Å². The second kappa shape index (κ2) is 16.7. The molecule has 348 valence electrons. The molecule has 0 bridgehead atoms. The highest BCUT2D eigenvalue weighted by Gasteiger charge is 2.47. The average Bonchev–Trinajstić information content (AvgIpc) is 3.75. The number of imide groups is 1. The van der Waals surface area contributed by atoms with Crippen LogP contribution in [-0.4, -0.2) is 142 Å². The van der Waals surface area contributed by atoms with Crippen molar-refractivity contribution in [2.45, 2.75) is 75.4 Å². The van der Waals surface area contributed by atoms with E-state index in [4.69, 9.17) is 5.10 Å². The zero-order valence-electron chi connectivity index (χ0n) is 37.5. The van der Waals surface area contributed by atoms with Gasteiger partial charge in [-0.2, -0.15) is 0 Å². The number of alkyl halides is 2. The molecule has 4 saturated heterocycles. The van der Waals surface area contributed by atoms with Crippen molar-refractivity contribution in [3.8, 4) is 0 Å². The molecule has 3 aromatic heterocycles. The molecule has 2 unspecified atom stereocenters. The minimum Gasteiger partial charge on any atom is -0.385 e. The number of halogens is 2. The molecule has 0 spiro atoms. The first-order valence-electron chi connectivity index (χ1n) is 23.6. The Morgan fingerprint density at radius 1 is 0.864 bits per heavy atom. The van der Waals surface area contributed by atoms with Gasteiger partial charge in [-0.05, 0) is 81.8 Å². The Bertz CT molecular complexity index is 2780. The van der Waals surface area contributed by atoms with Crippen molar-refractivity contribution in [2.75, 3.05) is 92.5 Å². The zero-order chi connectivity index (χ0) is 45.4. The molecule has 5 aliphatic heterocycles. The first kappa shape index (κ1) is 42.5. The summed E-state index contributed by atoms with van der Waals surface area (Å²) in [6.07, 6.45) is 6.87. The fraction of sp³-hybridized carbons (Fsp3) is 0.532. The number of hydrogen-bond donors (Lipinski definition) is 3. The summed E-state index contributed by atoms with van der Waals surface area (Å²) in [6.45, 7) is 5.97. The number of aryl methyl sites for hydroxylation is 1. The second-order valence-corrected chi connectivity index (χ2v) is 19.0. The molecule has 0 radical (unpaired) electrons. The number of fused-ring (bicyclic) bond motifs is 3. The lowest BCUT2D eigenvalue weighted by molar-refractivity contribution is -0.135. The van der Waals surface area contributed by atoms with Gasteiger partial charge in [-0.1, -0.05) is 6.07 Å². The van der Waals surface area contributed by atoms with E-state index < -0.39 is 23.8 Å². The largest absolute Gasteiger partial charge is 0.385 e. The SMILES string of the molecule is CNc1cc(N2CCc3c(N4CCN(CC5CCN(C6CCN(c7ccc8c(c7)n(C)c(=O)n8C7CCC(=O)NC7=O)CC6)CC5(F)F)CC4)cccc32)nn2c(C(=O)NC3CC3)cnc12. The number of nitrogens with one attached hydrogen (secondary N) is 3. The van der Waals surface area contributed by atoms with Gasteiger partial charge in [0.15, 0.2) is 17.2 Å². The van der Waals surface area contributed by atoms with E-state index in [1.807, 2.05) is 36.2 Å². The molecular weight excluding hydrogens is 849 g/mol. The van der Waals surface area contributed by atoms with E-state index in [1.54, 1.807) is 22.3 Å². The molecule has 2 atom stereocenters. The minimum atomic E-state index is -2.79. The molecule has 5 aromatic rings. The van der Waals surface area contributed by atoms with Crippen LogP contribution in [0.3, 0.4) is 0 Å². The molecule has 3 N–H and O–H groups in total. The van der Waals surface area contributed by atoms with Crippen LogP contribution in [0.1, 0.15) is 67.0 Å². The molecule has 1 aliphatic carbocycles. The van der Waals surface area contributed by atoms with E-state index >= 15 is 8.78 Å². The Hall–Kier alpha value is -6.08. The summed E-state index contributed by atoms with van der Waals surface area (Å²) in [4.78, 5) is 66.4. The lowest BCUT2D eigenvalue weighted by atomic mass is 9.89. The van der Waals surface area contributed by atoms with Crippen molar-refractivity contribution in [2.24, 2.45) is 13.0 Å². The molecule has 66 heavy (non-hydrogen) atoms. The number of piperidine rings is 3. The Balaban J connectivity index is 0.691. The monoisotopic (exact) mass is 905 g/mol. The Kier molecular flexibility index (Phi) is 10.7. The van der Waals surface area contributed by atoms with Gasteiger partial charge in [0.05, 0.1) is 29.5 Å². The number of amides is 3. The normalized spacial score (nSPS) is 23.2. The minimum absolute atomic E-state index is 0.0766. The number of piperazine rings is 1. The lowest BCUT2D eigenvalue weighted by Gasteiger charge is -2.46. The molecule has 3 amide bonds. The lowest BCUT2D eigenvalue weighted by Crippen LogP contribution is -2.57. The van der Waals surface area contributed by atoms with Gasteiger partial charge in [-0.15, -0.1) is 5.10 Å². The van der Waals surface area contributed by atoms with Gasteiger partial charge in [0, 0.05) is 120 Å². The number of nitrogens with zero attached hydrogens (tertiary/aromatic N) is 10. The fourth-order valence-corrected chi connectivity index (χ4v) is 11.2. The van der Waals surface area contributed by atoms with Gasteiger partial charge in [0.2, 0.25) is 11.8 Å². The van der Waals surface area contributed by atoms with Gasteiger partial charge in [-0.25, -0.2) is 23.1 Å². The van der Waals surface area contributed by atoms with Crippen molar-refractivity contribution in [3.63, 3.8) is 0 Å². The molecule has 5 fully saturated rings. The third kappa shape index (κ3) is 7.62. The van der Waals surface area contributed by atoms with Crippen molar-refractivity contribution in [1.82, 2.24) is 44.2 Å². The fourth-order valence-electron chi connectivity index (χ4n) is 11.2. The molecular formula is C47H57F2N13O4. The van der Waals surface area contributed by atoms with Gasteiger partial charge in [0.1, 0.15) is 6.04 Å². The van der Waals surface area contributed by atoms with Crippen molar-refractivity contribution >= 4 is 63.0 Å². The van der Waals surface area contributed by atoms with E-state index in [9.17, 15) is 19.2 Å². The Morgan fingerprint density at radius 3 is 2.39 bits per heavy atom. The van der Waals surface area contributed by atoms with Gasteiger partial charge in [0.25, 0.3) is 11.8 Å². The Morgan fingerprint density at radius 2 is 1.65 bits per heavy atom. The highest BCUT2D eigenvalue weighted by molar-refractivity contribution is 6.00. The van der Waals surface area contributed by atoms with Crippen LogP contribution in [0.15, 0.2) is 53.5 Å². The number of benzene rings is 2. The van der Waals surface area contributed by atoms with E-state index in [2.05, 4.69) is 58.7 Å². The number of carbonyl (C=O) groups excluding carboxylic acids is 3. The summed E-state index contributed by atoms with van der Waals surface area (Å²) in [5.74, 6) is -3.71. The summed E-state index contributed by atoms with van der Waals surface area (Å²) < 4.78 is 36.8. The third-order valence-corrected chi connectivity index (χ3v) is 15.1. The van der Waals surface area contributed by atoms with Crippen molar-refractivity contribution in [3.05, 3.63) is 70.4 Å². The first-order chi connectivity index (χ1) is 31.9. The quantitative estimate of drug-likeness (QED) is 0.175. The standard InChI is InChI=1S/C47H57F2N13O4/c1-50-34-25-41(54-62-40(26-51-43(34)62)45(65)52-30-6-7-30)60-19-15-33-35(4-3-5-36(33)60)58-22-20-56(21-23-58)27-29-12-16-59(28-47(29,48)49)31-13-17-57(18-14-31)32-8-9-37-39(24-32)55(2)46(66)61(37)38-10-11-42(63)53-44(38)64/h3-5,8-9,24-26,29-31,38,50H,6-7,10-23,27-28H2,1-2H3,(H,52,65)(H,53,63,64). The number of rotatable bonds is 10. The molecule has 17 nitrogen and oxygen atoms in total. The van der Waals surface area contributed by atoms with E-state index in [0.29, 0.717) is 55.0 Å². The van der Waals surface area contributed by atoms with Crippen LogP contribution in [0.4, 0.5) is 37.3 Å². The zero-order valence-corrected chi connectivity index (χ0v) is 37.5. The summed E-state index contributed by atoms with van der Waals surface area (Å²) in [5.41, 5.74) is 7.29. The molecule has 6 aliphatic rings. The van der Waals surface area contributed by atoms with Crippen LogP contribution < -0.4 is 36.3 Å². The smallest absolute Gasteiger partial charge is 0.329 e. The molecule has 1 saturated carbocycles. The maximum Gasteiger partial charge on any atom is 0.329 e. The topological polar surface area (TPSA) is 161 Å². The van der Waals surface area contributed by atoms with E-state index in [0.717, 1.165) is 87.7 Å². The second-order valence-electron chi connectivity index (χ2n) is 19.0. The van der Waals surface area contributed by atoms with Crippen LogP contribution >= 0.6 is 0 Å². The van der Waals surface area contributed by atoms with Crippen molar-refractivity contribution < 1.29 is 23.2 Å². The average molecular weight is 906 g/mol. The predicted molar refractivity (Wildman–Crippen MR) is 247 cm³/mol. The number of anilines is 5. The number of hydrogen-bond acceptors (Lipinski definition) is 12. The van der Waals surface area contributed by atoms with E-state index in [1.165, 1.54) is 15.8 Å². The summed E-state index contributed by atoms with van der Waals surface area (Å²) in [5, 5.41) is 13.6. The van der Waals surface area contributed by atoms with Gasteiger partial charge >= 0.3 is 5.69 Å². The van der Waals surface area contributed by atoms with Crippen LogP contribution in [0, 0.1) is 5.92 Å². The van der Waals surface area contributed by atoms with E-state index in [-0.39, 0.29) is 49.0 Å². The highest BCUT2D eigenvalue weighted by Crippen LogP contribution is 2.41. The molecule has 19 heteroatoms. The maximum atomic E-state index is 16.1. The number of aromatic nitrogens is 5. The van der Waals surface area contributed by atoms with Crippen LogP contribution in [0.25, 0.3) is 16.7 Å². The molecule has 11 rings (SSSR count). The van der Waals surface area contributed by atoms with Crippen LogP contribution in [-0.2, 0) is 23.1 Å². The molecule has 8 heterocycles.